The van der Waals surface area contributed by atoms with E-state index in [2.05, 4.69) is 28.2 Å². The molecule has 0 atom stereocenters. The van der Waals surface area contributed by atoms with Crippen LogP contribution in [0.3, 0.4) is 0 Å². The number of rotatable bonds is 4. The Morgan fingerprint density at radius 1 is 1.00 bits per heavy atom. The van der Waals surface area contributed by atoms with Crippen LogP contribution in [0.2, 0.25) is 0 Å². The van der Waals surface area contributed by atoms with Gasteiger partial charge in [0, 0.05) is 36.6 Å². The zero-order valence-electron chi connectivity index (χ0n) is 17.8. The quantitative estimate of drug-likeness (QED) is 0.676. The molecule has 0 unspecified atom stereocenters. The summed E-state index contributed by atoms with van der Waals surface area (Å²) in [7, 11) is 0. The summed E-state index contributed by atoms with van der Waals surface area (Å²) in [6.07, 6.45) is 7.93. The van der Waals surface area contributed by atoms with E-state index in [0.717, 1.165) is 69.2 Å². The Bertz CT molecular complexity index is 1160. The molecule has 3 aromatic rings. The van der Waals surface area contributed by atoms with E-state index in [-0.39, 0.29) is 5.82 Å². The van der Waals surface area contributed by atoms with Gasteiger partial charge in [-0.2, -0.15) is 0 Å². The molecule has 4 nitrogen and oxygen atoms in total. The van der Waals surface area contributed by atoms with Crippen LogP contribution in [0.5, 0.6) is 0 Å². The molecule has 1 aromatic heterocycles. The smallest absolute Gasteiger partial charge is 0.227 e. The van der Waals surface area contributed by atoms with Gasteiger partial charge in [-0.1, -0.05) is 12.1 Å². The van der Waals surface area contributed by atoms with Crippen molar-refractivity contribution in [1.82, 2.24) is 9.88 Å². The van der Waals surface area contributed by atoms with Gasteiger partial charge >= 0.3 is 0 Å². The summed E-state index contributed by atoms with van der Waals surface area (Å²) in [6.45, 7) is 4.12. The van der Waals surface area contributed by atoms with E-state index in [1.807, 2.05) is 11.0 Å². The number of fused-ring (bicyclic) bond motifs is 1. The SMILES string of the molecule is O=C1CCc2cc(CCN3CCC(c4c[nH]c5ccc(F)cc45)CC3)cc3c2N1CC3. The molecule has 0 saturated carbocycles. The summed E-state index contributed by atoms with van der Waals surface area (Å²) in [5.74, 6) is 0.631. The lowest BCUT2D eigenvalue weighted by atomic mass is 9.89. The van der Waals surface area contributed by atoms with E-state index in [9.17, 15) is 9.18 Å². The number of anilines is 1. The van der Waals surface area contributed by atoms with Crippen molar-refractivity contribution >= 4 is 22.5 Å². The van der Waals surface area contributed by atoms with Gasteiger partial charge in [0.05, 0.1) is 5.69 Å². The number of aryl methyl sites for hydroxylation is 1. The Morgan fingerprint density at radius 3 is 2.65 bits per heavy atom. The maximum Gasteiger partial charge on any atom is 0.227 e. The molecule has 3 aliphatic heterocycles. The summed E-state index contributed by atoms with van der Waals surface area (Å²) in [4.78, 5) is 20.0. The molecule has 3 aliphatic rings. The van der Waals surface area contributed by atoms with Gasteiger partial charge < -0.3 is 14.8 Å². The Hall–Kier alpha value is -2.66. The first kappa shape index (κ1) is 19.1. The molecule has 31 heavy (non-hydrogen) atoms. The molecule has 1 saturated heterocycles. The third-order valence-corrected chi connectivity index (χ3v) is 7.53. The van der Waals surface area contributed by atoms with Crippen LogP contribution < -0.4 is 4.90 Å². The van der Waals surface area contributed by atoms with E-state index >= 15 is 0 Å². The van der Waals surface area contributed by atoms with Crippen molar-refractivity contribution in [2.45, 2.75) is 44.4 Å². The molecule has 4 heterocycles. The monoisotopic (exact) mass is 417 g/mol. The molecule has 0 radical (unpaired) electrons. The first-order valence-electron chi connectivity index (χ1n) is 11.6. The molecule has 0 aliphatic carbocycles. The average Bonchev–Trinajstić information content (AvgIpc) is 3.40. The van der Waals surface area contributed by atoms with Gasteiger partial charge in [-0.3, -0.25) is 4.79 Å². The van der Waals surface area contributed by atoms with Crippen molar-refractivity contribution in [3.05, 3.63) is 64.6 Å². The fourth-order valence-electron chi connectivity index (χ4n) is 5.88. The van der Waals surface area contributed by atoms with Gasteiger partial charge in [-0.15, -0.1) is 0 Å². The lowest BCUT2D eigenvalue weighted by Gasteiger charge is -2.32. The van der Waals surface area contributed by atoms with Crippen LogP contribution in [-0.4, -0.2) is 42.0 Å². The van der Waals surface area contributed by atoms with Crippen LogP contribution in [0.15, 0.2) is 36.5 Å². The number of hydrogen-bond donors (Lipinski definition) is 1. The number of carbonyl (C=O) groups excluding carboxylic acids is 1. The Balaban J connectivity index is 1.10. The maximum absolute atomic E-state index is 13.7. The number of hydrogen-bond acceptors (Lipinski definition) is 2. The van der Waals surface area contributed by atoms with E-state index in [0.29, 0.717) is 18.2 Å². The van der Waals surface area contributed by atoms with E-state index in [1.54, 1.807) is 6.07 Å². The number of aromatic nitrogens is 1. The zero-order chi connectivity index (χ0) is 20.9. The molecule has 0 spiro atoms. The minimum atomic E-state index is -0.161. The minimum Gasteiger partial charge on any atom is -0.361 e. The Labute approximate surface area is 182 Å². The number of nitrogens with one attached hydrogen (secondary N) is 1. The predicted molar refractivity (Wildman–Crippen MR) is 121 cm³/mol. The standard InChI is InChI=1S/C26H28FN3O/c27-21-2-3-24-22(15-21)23(16-28-24)18-6-10-29(11-7-18)9-5-17-13-19-1-4-25(31)30-12-8-20(14-17)26(19)30/h2-3,13-16,18,28H,1,4-12H2. The highest BCUT2D eigenvalue weighted by Gasteiger charge is 2.31. The average molecular weight is 418 g/mol. The molecule has 6 rings (SSSR count). The van der Waals surface area contributed by atoms with Gasteiger partial charge in [0.15, 0.2) is 0 Å². The fraction of sp³-hybridized carbons (Fsp3) is 0.423. The van der Waals surface area contributed by atoms with Gasteiger partial charge in [-0.25, -0.2) is 4.39 Å². The second-order valence-electron chi connectivity index (χ2n) is 9.36. The molecule has 160 valence electrons. The first-order chi connectivity index (χ1) is 15.2. The zero-order valence-corrected chi connectivity index (χ0v) is 17.8. The van der Waals surface area contributed by atoms with Gasteiger partial charge in [0.25, 0.3) is 0 Å². The highest BCUT2D eigenvalue weighted by atomic mass is 19.1. The molecule has 1 amide bonds. The first-order valence-corrected chi connectivity index (χ1v) is 11.6. The number of carbonyl (C=O) groups is 1. The van der Waals surface area contributed by atoms with Crippen molar-refractivity contribution < 1.29 is 9.18 Å². The Kier molecular flexibility index (Phi) is 4.60. The van der Waals surface area contributed by atoms with Crippen molar-refractivity contribution in [2.75, 3.05) is 31.1 Å². The maximum atomic E-state index is 13.7. The number of H-pyrrole nitrogens is 1. The van der Waals surface area contributed by atoms with Crippen LogP contribution in [0.4, 0.5) is 10.1 Å². The lowest BCUT2D eigenvalue weighted by Crippen LogP contribution is -2.34. The van der Waals surface area contributed by atoms with Crippen LogP contribution in [0.25, 0.3) is 10.9 Å². The second-order valence-corrected chi connectivity index (χ2v) is 9.36. The minimum absolute atomic E-state index is 0.161. The summed E-state index contributed by atoms with van der Waals surface area (Å²) >= 11 is 0. The second kappa shape index (κ2) is 7.49. The molecular weight excluding hydrogens is 389 g/mol. The number of amides is 1. The Morgan fingerprint density at radius 2 is 1.81 bits per heavy atom. The molecule has 0 bridgehead atoms. The number of nitrogens with zero attached hydrogens (tertiary/aromatic N) is 2. The van der Waals surface area contributed by atoms with Crippen LogP contribution in [0.1, 0.15) is 47.4 Å². The predicted octanol–water partition coefficient (Wildman–Crippen LogP) is 4.56. The van der Waals surface area contributed by atoms with Crippen molar-refractivity contribution in [3.63, 3.8) is 0 Å². The summed E-state index contributed by atoms with van der Waals surface area (Å²) in [5, 5.41) is 1.04. The normalized spacial score (nSPS) is 19.4. The van der Waals surface area contributed by atoms with Gasteiger partial charge in [0.2, 0.25) is 5.91 Å². The van der Waals surface area contributed by atoms with E-state index in [1.165, 1.54) is 34.0 Å². The number of piperidine rings is 1. The number of halogens is 1. The summed E-state index contributed by atoms with van der Waals surface area (Å²) in [5.41, 5.74) is 7.67. The largest absolute Gasteiger partial charge is 0.361 e. The van der Waals surface area contributed by atoms with Gasteiger partial charge in [-0.05, 0) is 91.6 Å². The third kappa shape index (κ3) is 3.35. The topological polar surface area (TPSA) is 39.3 Å². The lowest BCUT2D eigenvalue weighted by molar-refractivity contribution is -0.118. The molecule has 5 heteroatoms. The molecular formula is C26H28FN3O. The van der Waals surface area contributed by atoms with Gasteiger partial charge in [0.1, 0.15) is 5.82 Å². The molecule has 1 fully saturated rings. The molecule has 1 N–H and O–H groups in total. The summed E-state index contributed by atoms with van der Waals surface area (Å²) < 4.78 is 13.7. The van der Waals surface area contributed by atoms with Crippen molar-refractivity contribution in [3.8, 4) is 0 Å². The fourth-order valence-corrected chi connectivity index (χ4v) is 5.88. The number of aromatic amines is 1. The summed E-state index contributed by atoms with van der Waals surface area (Å²) in [6, 6.07) is 9.71. The van der Waals surface area contributed by atoms with Crippen LogP contribution >= 0.6 is 0 Å². The number of benzene rings is 2. The third-order valence-electron chi connectivity index (χ3n) is 7.53. The van der Waals surface area contributed by atoms with Crippen LogP contribution in [0, 0.1) is 5.82 Å². The highest BCUT2D eigenvalue weighted by molar-refractivity contribution is 5.98. The van der Waals surface area contributed by atoms with Crippen LogP contribution in [-0.2, 0) is 24.1 Å². The highest BCUT2D eigenvalue weighted by Crippen LogP contribution is 2.38. The van der Waals surface area contributed by atoms with Crippen molar-refractivity contribution in [1.29, 1.82) is 0 Å². The van der Waals surface area contributed by atoms with E-state index in [4.69, 9.17) is 0 Å². The molecule has 2 aromatic carbocycles. The number of likely N-dealkylation sites (tertiary alicyclic amines) is 1. The van der Waals surface area contributed by atoms with Crippen molar-refractivity contribution in [2.24, 2.45) is 0 Å². The van der Waals surface area contributed by atoms with E-state index < -0.39 is 0 Å².